The van der Waals surface area contributed by atoms with E-state index >= 15 is 0 Å². The fourth-order valence-electron chi connectivity index (χ4n) is 3.81. The zero-order valence-corrected chi connectivity index (χ0v) is 17.4. The van der Waals surface area contributed by atoms with E-state index in [0.29, 0.717) is 16.9 Å². The molecule has 0 aromatic heterocycles. The number of hydrogen-bond acceptors (Lipinski definition) is 1. The smallest absolute Gasteiger partial charge is 0.0458 e. The van der Waals surface area contributed by atoms with Gasteiger partial charge in [0.1, 0.15) is 0 Å². The Morgan fingerprint density at radius 1 is 1.28 bits per heavy atom. The Labute approximate surface area is 163 Å². The summed E-state index contributed by atoms with van der Waals surface area (Å²) in [5, 5.41) is 1.45. The second-order valence-corrected chi connectivity index (χ2v) is 7.09. The molecule has 0 heterocycles. The van der Waals surface area contributed by atoms with Crippen molar-refractivity contribution in [2.75, 3.05) is 0 Å². The molecule has 1 nitrogen and oxygen atoms in total. The van der Waals surface area contributed by atoms with Crippen molar-refractivity contribution < 1.29 is 0 Å². The third kappa shape index (κ3) is 5.48. The van der Waals surface area contributed by atoms with Crippen LogP contribution in [0.1, 0.15) is 57.1 Å². The van der Waals surface area contributed by atoms with Gasteiger partial charge in [-0.3, -0.25) is 0 Å². The topological polar surface area (TPSA) is 26.0 Å². The van der Waals surface area contributed by atoms with Crippen molar-refractivity contribution in [3.63, 3.8) is 0 Å². The lowest BCUT2D eigenvalue weighted by atomic mass is 9.80. The minimum Gasteiger partial charge on any atom is -0.324 e. The highest BCUT2D eigenvalue weighted by molar-refractivity contribution is 6.35. The second-order valence-electron chi connectivity index (χ2n) is 6.25. The summed E-state index contributed by atoms with van der Waals surface area (Å²) < 4.78 is 0. The van der Waals surface area contributed by atoms with Gasteiger partial charge in [-0.1, -0.05) is 74.4 Å². The Hall–Kier alpha value is -1.02. The van der Waals surface area contributed by atoms with Crippen molar-refractivity contribution in [2.45, 2.75) is 58.9 Å². The van der Waals surface area contributed by atoms with Crippen molar-refractivity contribution in [3.8, 4) is 0 Å². The number of hydrogen-bond donors (Lipinski definition) is 1. The molecule has 1 aliphatic rings. The number of aryl methyl sites for hydroxylation is 1. The molecule has 3 unspecified atom stereocenters. The van der Waals surface area contributed by atoms with E-state index in [1.165, 1.54) is 12.0 Å². The number of halogens is 2. The summed E-state index contributed by atoms with van der Waals surface area (Å²) in [6.45, 7) is 11.9. The molecule has 2 rings (SSSR count). The largest absolute Gasteiger partial charge is 0.324 e. The highest BCUT2D eigenvalue weighted by atomic mass is 35.5. The van der Waals surface area contributed by atoms with Gasteiger partial charge < -0.3 is 5.73 Å². The van der Waals surface area contributed by atoms with Crippen LogP contribution in [0.2, 0.25) is 10.0 Å². The van der Waals surface area contributed by atoms with Crippen LogP contribution in [-0.2, 0) is 0 Å². The SMILES string of the molecule is C=C/C=C(\C=C/C)C(N)C1CCCC1c1c(C)cc(Cl)cc1Cl.CC. The van der Waals surface area contributed by atoms with Crippen molar-refractivity contribution in [3.05, 3.63) is 69.8 Å². The molecule has 0 amide bonds. The minimum atomic E-state index is -0.0113. The summed E-state index contributed by atoms with van der Waals surface area (Å²) in [5.74, 6) is 0.767. The predicted octanol–water partition coefficient (Wildman–Crippen LogP) is 7.23. The first-order chi connectivity index (χ1) is 12.0. The van der Waals surface area contributed by atoms with E-state index in [2.05, 4.69) is 19.6 Å². The summed E-state index contributed by atoms with van der Waals surface area (Å²) in [5.41, 5.74) is 10.1. The fraction of sp³-hybridized carbons (Fsp3) is 0.455. The van der Waals surface area contributed by atoms with Crippen molar-refractivity contribution in [1.82, 2.24) is 0 Å². The van der Waals surface area contributed by atoms with Gasteiger partial charge in [-0.05, 0) is 67.4 Å². The van der Waals surface area contributed by atoms with Crippen LogP contribution in [-0.4, -0.2) is 6.04 Å². The average Bonchev–Trinajstić information content (AvgIpc) is 3.04. The summed E-state index contributed by atoms with van der Waals surface area (Å²) in [6, 6.07) is 3.83. The molecule has 1 fully saturated rings. The monoisotopic (exact) mass is 379 g/mol. The van der Waals surface area contributed by atoms with Gasteiger partial charge >= 0.3 is 0 Å². The first kappa shape index (κ1) is 22.0. The zero-order valence-electron chi connectivity index (χ0n) is 15.9. The molecule has 3 atom stereocenters. The first-order valence-electron chi connectivity index (χ1n) is 9.16. The molecule has 2 N–H and O–H groups in total. The van der Waals surface area contributed by atoms with Gasteiger partial charge in [0.2, 0.25) is 0 Å². The zero-order chi connectivity index (χ0) is 19.0. The summed E-state index contributed by atoms with van der Waals surface area (Å²) in [6.07, 6.45) is 11.3. The number of allylic oxidation sites excluding steroid dienone is 3. The Morgan fingerprint density at radius 2 is 1.96 bits per heavy atom. The molecule has 0 aliphatic heterocycles. The summed E-state index contributed by atoms with van der Waals surface area (Å²) >= 11 is 12.6. The lowest BCUT2D eigenvalue weighted by molar-refractivity contribution is 0.428. The van der Waals surface area contributed by atoms with Gasteiger partial charge in [0.25, 0.3) is 0 Å². The molecule has 0 radical (unpaired) electrons. The predicted molar refractivity (Wildman–Crippen MR) is 114 cm³/mol. The van der Waals surface area contributed by atoms with E-state index in [9.17, 15) is 0 Å². The molecule has 1 aromatic carbocycles. The van der Waals surface area contributed by atoms with Crippen molar-refractivity contribution >= 4 is 23.2 Å². The normalized spacial score (nSPS) is 21.8. The van der Waals surface area contributed by atoms with Crippen LogP contribution < -0.4 is 5.73 Å². The summed E-state index contributed by atoms with van der Waals surface area (Å²) in [7, 11) is 0. The number of rotatable bonds is 5. The highest BCUT2D eigenvalue weighted by Crippen LogP contribution is 2.46. The lowest BCUT2D eigenvalue weighted by Crippen LogP contribution is -2.33. The van der Waals surface area contributed by atoms with Crippen LogP contribution in [0.5, 0.6) is 0 Å². The highest BCUT2D eigenvalue weighted by Gasteiger charge is 2.35. The third-order valence-electron chi connectivity index (χ3n) is 4.76. The molecule has 1 aromatic rings. The van der Waals surface area contributed by atoms with E-state index in [4.69, 9.17) is 28.9 Å². The minimum absolute atomic E-state index is 0.0113. The van der Waals surface area contributed by atoms with Gasteiger partial charge in [0, 0.05) is 16.1 Å². The molecule has 0 spiro atoms. The number of nitrogens with two attached hydrogens (primary N) is 1. The maximum atomic E-state index is 6.62. The van der Waals surface area contributed by atoms with Gasteiger partial charge in [-0.15, -0.1) is 0 Å². The van der Waals surface area contributed by atoms with Gasteiger partial charge in [-0.25, -0.2) is 0 Å². The van der Waals surface area contributed by atoms with Gasteiger partial charge in [0.15, 0.2) is 0 Å². The maximum absolute atomic E-state index is 6.62. The van der Waals surface area contributed by atoms with Crippen LogP contribution in [0, 0.1) is 12.8 Å². The number of benzene rings is 1. The second kappa shape index (κ2) is 10.9. The molecule has 138 valence electrons. The molecule has 1 aliphatic carbocycles. The van der Waals surface area contributed by atoms with E-state index < -0.39 is 0 Å². The summed E-state index contributed by atoms with van der Waals surface area (Å²) in [4.78, 5) is 0. The van der Waals surface area contributed by atoms with Crippen LogP contribution in [0.4, 0.5) is 0 Å². The maximum Gasteiger partial charge on any atom is 0.0458 e. The fourth-order valence-corrected chi connectivity index (χ4v) is 4.55. The van der Waals surface area contributed by atoms with E-state index in [1.807, 2.05) is 45.1 Å². The van der Waals surface area contributed by atoms with E-state index in [-0.39, 0.29) is 6.04 Å². The standard InChI is InChI=1S/C20H25Cl2N.C2H6/c1-4-7-14(8-5-2)20(23)17-10-6-9-16(17)19-13(3)11-15(21)12-18(19)22;1-2/h4-5,7-8,11-12,16-17,20H,1,6,9-10,23H2,2-3H3;1-2H3/b8-5-,14-7+;. The van der Waals surface area contributed by atoms with Crippen LogP contribution >= 0.6 is 23.2 Å². The lowest BCUT2D eigenvalue weighted by Gasteiger charge is -2.29. The molecule has 25 heavy (non-hydrogen) atoms. The molecule has 0 saturated heterocycles. The molecular formula is C22H31Cl2N. The van der Waals surface area contributed by atoms with Crippen molar-refractivity contribution in [1.29, 1.82) is 0 Å². The molecule has 3 heteroatoms. The Kier molecular flexibility index (Phi) is 9.56. The first-order valence-corrected chi connectivity index (χ1v) is 9.91. The molecule has 1 saturated carbocycles. The van der Waals surface area contributed by atoms with Crippen LogP contribution in [0.3, 0.4) is 0 Å². The van der Waals surface area contributed by atoms with Crippen LogP contribution in [0.15, 0.2) is 48.6 Å². The van der Waals surface area contributed by atoms with Gasteiger partial charge in [0.05, 0.1) is 0 Å². The average molecular weight is 380 g/mol. The third-order valence-corrected chi connectivity index (χ3v) is 5.29. The van der Waals surface area contributed by atoms with E-state index in [1.54, 1.807) is 6.08 Å². The Morgan fingerprint density at radius 3 is 2.52 bits per heavy atom. The quantitative estimate of drug-likeness (QED) is 0.536. The van der Waals surface area contributed by atoms with Gasteiger partial charge in [-0.2, -0.15) is 0 Å². The van der Waals surface area contributed by atoms with Crippen LogP contribution in [0.25, 0.3) is 0 Å². The molecular weight excluding hydrogens is 349 g/mol. The molecule has 0 bridgehead atoms. The Bertz CT molecular complexity index is 608. The van der Waals surface area contributed by atoms with Crippen molar-refractivity contribution in [2.24, 2.45) is 11.7 Å². The van der Waals surface area contributed by atoms with E-state index in [0.717, 1.165) is 29.0 Å². The Balaban J connectivity index is 0.00000151.